The van der Waals surface area contributed by atoms with Crippen molar-refractivity contribution >= 4 is 5.95 Å². The average Bonchev–Trinajstić information content (AvgIpc) is 3.03. The zero-order valence-electron chi connectivity index (χ0n) is 13.1. The number of rotatable bonds is 5. The van der Waals surface area contributed by atoms with Crippen molar-refractivity contribution in [3.8, 4) is 11.5 Å². The highest BCUT2D eigenvalue weighted by Crippen LogP contribution is 2.23. The number of anilines is 1. The second-order valence-corrected chi connectivity index (χ2v) is 6.00. The fraction of sp³-hybridized carbons (Fsp3) is 0.500. The Labute approximate surface area is 137 Å². The lowest BCUT2D eigenvalue weighted by Crippen LogP contribution is -2.41. The second kappa shape index (κ2) is 7.21. The van der Waals surface area contributed by atoms with Gasteiger partial charge in [0.25, 0.3) is 11.8 Å². The predicted octanol–water partition coefficient (Wildman–Crippen LogP) is 3.42. The summed E-state index contributed by atoms with van der Waals surface area (Å²) >= 11 is 0. The Morgan fingerprint density at radius 3 is 2.54 bits per heavy atom. The summed E-state index contributed by atoms with van der Waals surface area (Å²) in [6, 6.07) is 9.45. The van der Waals surface area contributed by atoms with Crippen molar-refractivity contribution in [2.45, 2.75) is 19.0 Å². The SMILES string of the molecule is FC(F)(F)CN1CCC(CNc2noc(-c3ccccc3)n2)CC1. The molecule has 8 heteroatoms. The lowest BCUT2D eigenvalue weighted by molar-refractivity contribution is -0.148. The maximum Gasteiger partial charge on any atom is 0.401 e. The van der Waals surface area contributed by atoms with Crippen LogP contribution < -0.4 is 5.32 Å². The number of nitrogens with zero attached hydrogens (tertiary/aromatic N) is 3. The van der Waals surface area contributed by atoms with E-state index in [4.69, 9.17) is 4.52 Å². The quantitative estimate of drug-likeness (QED) is 0.904. The van der Waals surface area contributed by atoms with Crippen LogP contribution in [0.5, 0.6) is 0 Å². The molecule has 130 valence electrons. The second-order valence-electron chi connectivity index (χ2n) is 6.00. The van der Waals surface area contributed by atoms with E-state index in [-0.39, 0.29) is 0 Å². The van der Waals surface area contributed by atoms with Crippen LogP contribution in [0.3, 0.4) is 0 Å². The molecule has 0 radical (unpaired) electrons. The van der Waals surface area contributed by atoms with Gasteiger partial charge in [-0.3, -0.25) is 4.90 Å². The molecule has 2 heterocycles. The zero-order valence-corrected chi connectivity index (χ0v) is 13.1. The molecule has 0 unspecified atom stereocenters. The normalized spacial score (nSPS) is 17.1. The number of alkyl halides is 3. The number of hydrogen-bond acceptors (Lipinski definition) is 5. The van der Waals surface area contributed by atoms with Crippen LogP contribution in [-0.4, -0.2) is 47.4 Å². The molecule has 0 bridgehead atoms. The molecule has 1 aromatic heterocycles. The van der Waals surface area contributed by atoms with E-state index in [1.54, 1.807) is 0 Å². The average molecular weight is 340 g/mol. The predicted molar refractivity (Wildman–Crippen MR) is 83.4 cm³/mol. The minimum absolute atomic E-state index is 0.313. The molecule has 1 N–H and O–H groups in total. The molecule has 5 nitrogen and oxygen atoms in total. The maximum atomic E-state index is 12.4. The van der Waals surface area contributed by atoms with Gasteiger partial charge in [-0.1, -0.05) is 18.2 Å². The number of aromatic nitrogens is 2. The summed E-state index contributed by atoms with van der Waals surface area (Å²) in [7, 11) is 0. The Morgan fingerprint density at radius 2 is 1.88 bits per heavy atom. The van der Waals surface area contributed by atoms with Crippen LogP contribution in [-0.2, 0) is 0 Å². The first-order chi connectivity index (χ1) is 11.5. The van der Waals surface area contributed by atoms with E-state index in [0.29, 0.717) is 37.4 Å². The number of halogens is 3. The van der Waals surface area contributed by atoms with Crippen LogP contribution in [0, 0.1) is 5.92 Å². The molecule has 0 amide bonds. The standard InChI is InChI=1S/C16H19F3N4O/c17-16(18,19)11-23-8-6-12(7-9-23)10-20-15-21-14(24-22-15)13-4-2-1-3-5-13/h1-5,12H,6-11H2,(H,20,22). The van der Waals surface area contributed by atoms with E-state index < -0.39 is 12.7 Å². The molecular weight excluding hydrogens is 321 g/mol. The van der Waals surface area contributed by atoms with Gasteiger partial charge in [-0.05, 0) is 49.1 Å². The summed E-state index contributed by atoms with van der Waals surface area (Å²) < 4.78 is 42.3. The van der Waals surface area contributed by atoms with E-state index in [0.717, 1.165) is 18.4 Å². The molecule has 1 aliphatic heterocycles. The van der Waals surface area contributed by atoms with E-state index in [9.17, 15) is 13.2 Å². The van der Waals surface area contributed by atoms with Gasteiger partial charge in [0.1, 0.15) is 0 Å². The van der Waals surface area contributed by atoms with Gasteiger partial charge in [-0.15, -0.1) is 0 Å². The van der Waals surface area contributed by atoms with Crippen LogP contribution in [0.25, 0.3) is 11.5 Å². The molecule has 24 heavy (non-hydrogen) atoms. The third-order valence-corrected chi connectivity index (χ3v) is 4.11. The zero-order chi connectivity index (χ0) is 17.0. The van der Waals surface area contributed by atoms with Gasteiger partial charge in [0, 0.05) is 12.1 Å². The molecule has 0 atom stereocenters. The van der Waals surface area contributed by atoms with Crippen LogP contribution in [0.15, 0.2) is 34.9 Å². The summed E-state index contributed by atoms with van der Waals surface area (Å²) in [4.78, 5) is 5.74. The molecule has 0 spiro atoms. The van der Waals surface area contributed by atoms with Crippen molar-refractivity contribution < 1.29 is 17.7 Å². The van der Waals surface area contributed by atoms with E-state index in [1.807, 2.05) is 30.3 Å². The van der Waals surface area contributed by atoms with Gasteiger partial charge in [0.15, 0.2) is 0 Å². The Balaban J connectivity index is 1.45. The van der Waals surface area contributed by atoms with Crippen molar-refractivity contribution in [1.82, 2.24) is 15.0 Å². The lowest BCUT2D eigenvalue weighted by Gasteiger charge is -2.32. The largest absolute Gasteiger partial charge is 0.401 e. The number of piperidine rings is 1. The summed E-state index contributed by atoms with van der Waals surface area (Å²) in [5.74, 6) is 1.16. The highest BCUT2D eigenvalue weighted by atomic mass is 19.4. The minimum atomic E-state index is -4.12. The van der Waals surface area contributed by atoms with Gasteiger partial charge < -0.3 is 9.84 Å². The number of nitrogens with one attached hydrogen (secondary N) is 1. The molecule has 1 aromatic carbocycles. The fourth-order valence-corrected chi connectivity index (χ4v) is 2.83. The monoisotopic (exact) mass is 340 g/mol. The van der Waals surface area contributed by atoms with Crippen LogP contribution in [0.1, 0.15) is 12.8 Å². The number of benzene rings is 1. The molecule has 1 fully saturated rings. The van der Waals surface area contributed by atoms with Gasteiger partial charge in [-0.2, -0.15) is 18.2 Å². The van der Waals surface area contributed by atoms with Crippen LogP contribution in [0.4, 0.5) is 19.1 Å². The molecule has 0 aliphatic carbocycles. The Morgan fingerprint density at radius 1 is 1.17 bits per heavy atom. The van der Waals surface area contributed by atoms with E-state index in [1.165, 1.54) is 4.90 Å². The van der Waals surface area contributed by atoms with Crippen molar-refractivity contribution in [2.24, 2.45) is 5.92 Å². The van der Waals surface area contributed by atoms with Gasteiger partial charge in [0.05, 0.1) is 6.54 Å². The van der Waals surface area contributed by atoms with Gasteiger partial charge >= 0.3 is 6.18 Å². The summed E-state index contributed by atoms with van der Waals surface area (Å²) in [5.41, 5.74) is 0.846. The summed E-state index contributed by atoms with van der Waals surface area (Å²) in [6.45, 7) is 0.743. The topological polar surface area (TPSA) is 54.2 Å². The van der Waals surface area contributed by atoms with Crippen molar-refractivity contribution in [3.05, 3.63) is 30.3 Å². The summed E-state index contributed by atoms with van der Waals surface area (Å²) in [6.07, 6.45) is -2.66. The van der Waals surface area contributed by atoms with Gasteiger partial charge in [-0.25, -0.2) is 0 Å². The summed E-state index contributed by atoms with van der Waals surface area (Å²) in [5, 5.41) is 6.99. The van der Waals surface area contributed by atoms with Gasteiger partial charge in [0.2, 0.25) is 0 Å². The number of hydrogen-bond donors (Lipinski definition) is 1. The first-order valence-electron chi connectivity index (χ1n) is 7.92. The highest BCUT2D eigenvalue weighted by Gasteiger charge is 2.32. The third kappa shape index (κ3) is 4.70. The maximum absolute atomic E-state index is 12.4. The molecule has 0 saturated carbocycles. The first-order valence-corrected chi connectivity index (χ1v) is 7.92. The molecular formula is C16H19F3N4O. The number of likely N-dealkylation sites (tertiary alicyclic amines) is 1. The molecule has 3 rings (SSSR count). The molecule has 2 aromatic rings. The Hall–Kier alpha value is -2.09. The minimum Gasteiger partial charge on any atom is -0.351 e. The van der Waals surface area contributed by atoms with Crippen molar-refractivity contribution in [3.63, 3.8) is 0 Å². The fourth-order valence-electron chi connectivity index (χ4n) is 2.83. The van der Waals surface area contributed by atoms with Crippen molar-refractivity contribution in [2.75, 3.05) is 31.5 Å². The highest BCUT2D eigenvalue weighted by molar-refractivity contribution is 5.53. The Bertz CT molecular complexity index is 636. The van der Waals surface area contributed by atoms with E-state index in [2.05, 4.69) is 15.5 Å². The third-order valence-electron chi connectivity index (χ3n) is 4.11. The van der Waals surface area contributed by atoms with E-state index >= 15 is 0 Å². The smallest absolute Gasteiger partial charge is 0.351 e. The van der Waals surface area contributed by atoms with Crippen LogP contribution in [0.2, 0.25) is 0 Å². The molecule has 1 saturated heterocycles. The first kappa shape index (κ1) is 16.8. The molecule has 1 aliphatic rings. The Kier molecular flexibility index (Phi) is 5.03. The lowest BCUT2D eigenvalue weighted by atomic mass is 9.97. The van der Waals surface area contributed by atoms with Crippen LogP contribution >= 0.6 is 0 Å². The van der Waals surface area contributed by atoms with Crippen molar-refractivity contribution in [1.29, 1.82) is 0 Å².